The summed E-state index contributed by atoms with van der Waals surface area (Å²) >= 11 is 0. The van der Waals surface area contributed by atoms with Crippen LogP contribution in [-0.4, -0.2) is 27.5 Å². The van der Waals surface area contributed by atoms with Gasteiger partial charge in [-0.3, -0.25) is 4.79 Å². The highest BCUT2D eigenvalue weighted by atomic mass is 16.5. The van der Waals surface area contributed by atoms with Crippen LogP contribution < -0.4 is 0 Å². The molecule has 1 aromatic heterocycles. The van der Waals surface area contributed by atoms with E-state index in [9.17, 15) is 4.79 Å². The summed E-state index contributed by atoms with van der Waals surface area (Å²) in [6.45, 7) is 4.81. The smallest absolute Gasteiger partial charge is 0.249 e. The van der Waals surface area contributed by atoms with E-state index in [-0.39, 0.29) is 11.9 Å². The van der Waals surface area contributed by atoms with Crippen LogP contribution in [0.3, 0.4) is 0 Å². The van der Waals surface area contributed by atoms with Crippen LogP contribution >= 0.6 is 0 Å². The molecule has 1 atom stereocenters. The molecule has 1 amide bonds. The molecule has 0 bridgehead atoms. The van der Waals surface area contributed by atoms with Crippen LogP contribution in [-0.2, 0) is 11.2 Å². The first-order chi connectivity index (χ1) is 13.1. The molecule has 1 aliphatic rings. The maximum atomic E-state index is 12.9. The largest absolute Gasteiger partial charge is 0.337 e. The number of hydrogen-bond donors (Lipinski definition) is 0. The number of rotatable bonds is 4. The van der Waals surface area contributed by atoms with Crippen molar-refractivity contribution in [2.24, 2.45) is 0 Å². The quantitative estimate of drug-likeness (QED) is 0.697. The molecule has 27 heavy (non-hydrogen) atoms. The van der Waals surface area contributed by atoms with Gasteiger partial charge in [-0.05, 0) is 37.8 Å². The summed E-state index contributed by atoms with van der Waals surface area (Å²) in [6, 6.07) is 15.9. The van der Waals surface area contributed by atoms with Crippen LogP contribution in [0.1, 0.15) is 41.5 Å². The molecule has 1 saturated heterocycles. The summed E-state index contributed by atoms with van der Waals surface area (Å²) in [5.74, 6) is 1.21. The van der Waals surface area contributed by atoms with Crippen molar-refractivity contribution in [2.45, 2.75) is 39.2 Å². The second-order valence-electron chi connectivity index (χ2n) is 7.17. The minimum Gasteiger partial charge on any atom is -0.337 e. The summed E-state index contributed by atoms with van der Waals surface area (Å²) in [5, 5.41) is 4.13. The van der Waals surface area contributed by atoms with E-state index < -0.39 is 0 Å². The lowest BCUT2D eigenvalue weighted by atomic mass is 10.1. The lowest BCUT2D eigenvalue weighted by Gasteiger charge is -2.22. The number of carbonyl (C=O) groups excluding carboxylic acids is 1. The van der Waals surface area contributed by atoms with Gasteiger partial charge in [0.05, 0.1) is 6.42 Å². The van der Waals surface area contributed by atoms with Gasteiger partial charge >= 0.3 is 0 Å². The zero-order valence-electron chi connectivity index (χ0n) is 15.7. The molecule has 2 aromatic carbocycles. The maximum absolute atomic E-state index is 12.9. The molecule has 138 valence electrons. The number of aromatic nitrogens is 2. The van der Waals surface area contributed by atoms with Crippen molar-refractivity contribution in [3.05, 3.63) is 71.1 Å². The van der Waals surface area contributed by atoms with Crippen LogP contribution in [0.4, 0.5) is 0 Å². The molecule has 0 radical (unpaired) electrons. The molecule has 0 unspecified atom stereocenters. The molecule has 1 aliphatic heterocycles. The van der Waals surface area contributed by atoms with E-state index in [0.29, 0.717) is 18.1 Å². The van der Waals surface area contributed by atoms with Crippen molar-refractivity contribution < 1.29 is 9.32 Å². The second kappa shape index (κ2) is 7.35. The molecule has 0 spiro atoms. The molecule has 1 fully saturated rings. The fraction of sp³-hybridized carbons (Fsp3) is 0.318. The second-order valence-corrected chi connectivity index (χ2v) is 7.17. The van der Waals surface area contributed by atoms with Crippen LogP contribution in [0, 0.1) is 13.8 Å². The zero-order chi connectivity index (χ0) is 18.8. The van der Waals surface area contributed by atoms with Crippen molar-refractivity contribution in [3.8, 4) is 11.4 Å². The molecular formula is C22H23N3O2. The fourth-order valence-electron chi connectivity index (χ4n) is 3.59. The summed E-state index contributed by atoms with van der Waals surface area (Å²) in [4.78, 5) is 19.4. The first-order valence-corrected chi connectivity index (χ1v) is 9.36. The van der Waals surface area contributed by atoms with E-state index >= 15 is 0 Å². The number of hydrogen-bond acceptors (Lipinski definition) is 4. The number of carbonyl (C=O) groups is 1. The van der Waals surface area contributed by atoms with E-state index in [1.807, 2.05) is 67.3 Å². The van der Waals surface area contributed by atoms with E-state index in [4.69, 9.17) is 4.52 Å². The average molecular weight is 361 g/mol. The van der Waals surface area contributed by atoms with Gasteiger partial charge in [0.2, 0.25) is 17.6 Å². The average Bonchev–Trinajstić information content (AvgIpc) is 3.33. The zero-order valence-corrected chi connectivity index (χ0v) is 15.7. The van der Waals surface area contributed by atoms with Gasteiger partial charge in [-0.2, -0.15) is 4.98 Å². The Morgan fingerprint density at radius 2 is 1.93 bits per heavy atom. The summed E-state index contributed by atoms with van der Waals surface area (Å²) in [5.41, 5.74) is 4.32. The Morgan fingerprint density at radius 3 is 2.70 bits per heavy atom. The lowest BCUT2D eigenvalue weighted by molar-refractivity contribution is -0.131. The van der Waals surface area contributed by atoms with Gasteiger partial charge < -0.3 is 9.42 Å². The van der Waals surface area contributed by atoms with Gasteiger partial charge in [0.25, 0.3) is 0 Å². The van der Waals surface area contributed by atoms with Gasteiger partial charge in [0.15, 0.2) is 0 Å². The normalized spacial score (nSPS) is 16.7. The summed E-state index contributed by atoms with van der Waals surface area (Å²) in [7, 11) is 0. The predicted octanol–water partition coefficient (Wildman–Crippen LogP) is 4.26. The third kappa shape index (κ3) is 3.63. The minimum atomic E-state index is -0.131. The number of nitrogens with zero attached hydrogens (tertiary/aromatic N) is 3. The third-order valence-electron chi connectivity index (χ3n) is 5.21. The summed E-state index contributed by atoms with van der Waals surface area (Å²) < 4.78 is 5.53. The van der Waals surface area contributed by atoms with Crippen molar-refractivity contribution in [1.82, 2.24) is 15.0 Å². The van der Waals surface area contributed by atoms with Crippen molar-refractivity contribution in [1.29, 1.82) is 0 Å². The molecule has 2 heterocycles. The highest BCUT2D eigenvalue weighted by molar-refractivity contribution is 5.79. The molecule has 3 aromatic rings. The molecule has 0 aliphatic carbocycles. The Morgan fingerprint density at radius 1 is 1.15 bits per heavy atom. The lowest BCUT2D eigenvalue weighted by Crippen LogP contribution is -2.32. The first kappa shape index (κ1) is 17.5. The van der Waals surface area contributed by atoms with Crippen molar-refractivity contribution >= 4 is 5.91 Å². The highest BCUT2D eigenvalue weighted by Gasteiger charge is 2.34. The molecule has 5 heteroatoms. The Balaban J connectivity index is 1.52. The van der Waals surface area contributed by atoms with E-state index in [1.54, 1.807) is 0 Å². The molecule has 4 rings (SSSR count). The number of aryl methyl sites for hydroxylation is 2. The monoisotopic (exact) mass is 361 g/mol. The van der Waals surface area contributed by atoms with Gasteiger partial charge in [0, 0.05) is 12.1 Å². The fourth-order valence-corrected chi connectivity index (χ4v) is 3.59. The first-order valence-electron chi connectivity index (χ1n) is 9.36. The topological polar surface area (TPSA) is 59.2 Å². The number of benzene rings is 2. The van der Waals surface area contributed by atoms with E-state index in [0.717, 1.165) is 36.1 Å². The van der Waals surface area contributed by atoms with Crippen LogP contribution in [0.25, 0.3) is 11.4 Å². The van der Waals surface area contributed by atoms with Gasteiger partial charge in [-0.1, -0.05) is 59.3 Å². The predicted molar refractivity (Wildman–Crippen MR) is 103 cm³/mol. The molecule has 0 N–H and O–H groups in total. The Labute approximate surface area is 159 Å². The van der Waals surface area contributed by atoms with Gasteiger partial charge in [0.1, 0.15) is 6.04 Å². The van der Waals surface area contributed by atoms with E-state index in [2.05, 4.69) is 10.1 Å². The Hall–Kier alpha value is -2.95. The summed E-state index contributed by atoms with van der Waals surface area (Å²) in [6.07, 6.45) is 2.21. The van der Waals surface area contributed by atoms with Gasteiger partial charge in [-0.15, -0.1) is 0 Å². The number of likely N-dealkylation sites (tertiary alicyclic amines) is 1. The standard InChI is InChI=1S/C22H23N3O2/c1-15-9-11-17(12-10-15)21-23-22(27-24-21)19-8-5-13-25(19)20(26)14-18-7-4-3-6-16(18)2/h3-4,6-7,9-12,19H,5,8,13-14H2,1-2H3/t19-/m1/s1. The Kier molecular flexibility index (Phi) is 4.75. The molecule has 5 nitrogen and oxygen atoms in total. The Bertz CT molecular complexity index is 946. The third-order valence-corrected chi connectivity index (χ3v) is 5.21. The van der Waals surface area contributed by atoms with Crippen molar-refractivity contribution in [2.75, 3.05) is 6.54 Å². The molecular weight excluding hydrogens is 338 g/mol. The maximum Gasteiger partial charge on any atom is 0.249 e. The van der Waals surface area contributed by atoms with Crippen LogP contribution in [0.15, 0.2) is 53.1 Å². The SMILES string of the molecule is Cc1ccc(-c2noc([C@H]3CCCN3C(=O)Cc3ccccc3C)n2)cc1. The van der Waals surface area contributed by atoms with Crippen LogP contribution in [0.5, 0.6) is 0 Å². The number of amides is 1. The van der Waals surface area contributed by atoms with E-state index in [1.165, 1.54) is 5.56 Å². The van der Waals surface area contributed by atoms with Gasteiger partial charge in [-0.25, -0.2) is 0 Å². The minimum absolute atomic E-state index is 0.113. The van der Waals surface area contributed by atoms with Crippen LogP contribution in [0.2, 0.25) is 0 Å². The highest BCUT2D eigenvalue weighted by Crippen LogP contribution is 2.32. The van der Waals surface area contributed by atoms with Crippen molar-refractivity contribution in [3.63, 3.8) is 0 Å². The molecule has 0 saturated carbocycles.